The molecule has 0 saturated heterocycles. The Morgan fingerprint density at radius 1 is 1.39 bits per heavy atom. The van der Waals surface area contributed by atoms with Gasteiger partial charge in [-0.1, -0.05) is 6.07 Å². The van der Waals surface area contributed by atoms with Crippen molar-refractivity contribution in [2.24, 2.45) is 0 Å². The largest absolute Gasteiger partial charge is 0.469 e. The van der Waals surface area contributed by atoms with E-state index in [0.717, 1.165) is 5.69 Å². The van der Waals surface area contributed by atoms with Gasteiger partial charge in [0.15, 0.2) is 0 Å². The van der Waals surface area contributed by atoms with Crippen LogP contribution < -0.4 is 5.32 Å². The molecule has 1 atom stereocenters. The van der Waals surface area contributed by atoms with E-state index >= 15 is 0 Å². The predicted octanol–water partition coefficient (Wildman–Crippen LogP) is 2.03. The summed E-state index contributed by atoms with van der Waals surface area (Å²) in [5.74, 6) is -0.291. The Balaban J connectivity index is 2.35. The monoisotopic (exact) mass is 251 g/mol. The Labute approximate surface area is 108 Å². The number of methoxy groups -OCH3 is 1. The average molecular weight is 251 g/mol. The topological polar surface area (TPSA) is 58.6 Å². The summed E-state index contributed by atoms with van der Waals surface area (Å²) in [7, 11) is 1.35. The minimum atomic E-state index is -0.550. The molecular weight excluding hydrogens is 230 g/mol. The van der Waals surface area contributed by atoms with Crippen molar-refractivity contribution in [1.29, 1.82) is 0 Å². The molecule has 0 radical (unpaired) electrons. The van der Waals surface area contributed by atoms with Crippen molar-refractivity contribution < 1.29 is 14.6 Å². The third kappa shape index (κ3) is 4.75. The van der Waals surface area contributed by atoms with Crippen LogP contribution >= 0.6 is 0 Å². The zero-order chi connectivity index (χ0) is 13.5. The van der Waals surface area contributed by atoms with E-state index in [1.807, 2.05) is 25.1 Å². The van der Waals surface area contributed by atoms with E-state index in [1.54, 1.807) is 0 Å². The molecule has 0 amide bonds. The van der Waals surface area contributed by atoms with Gasteiger partial charge in [0, 0.05) is 18.7 Å². The lowest BCUT2D eigenvalue weighted by molar-refractivity contribution is -0.141. The molecule has 1 aromatic carbocycles. The van der Waals surface area contributed by atoms with Crippen molar-refractivity contribution in [2.45, 2.75) is 32.8 Å². The zero-order valence-electron chi connectivity index (χ0n) is 11.2. The predicted molar refractivity (Wildman–Crippen MR) is 71.7 cm³/mol. The van der Waals surface area contributed by atoms with Crippen molar-refractivity contribution in [1.82, 2.24) is 0 Å². The quantitative estimate of drug-likeness (QED) is 0.759. The number of hydrogen-bond acceptors (Lipinski definition) is 4. The maximum absolute atomic E-state index is 10.9. The van der Waals surface area contributed by atoms with Crippen LogP contribution in [0.25, 0.3) is 0 Å². The van der Waals surface area contributed by atoms with E-state index in [4.69, 9.17) is 0 Å². The number of hydrogen-bond donors (Lipinski definition) is 2. The van der Waals surface area contributed by atoms with Gasteiger partial charge in [-0.25, -0.2) is 0 Å². The number of esters is 1. The maximum atomic E-state index is 10.9. The lowest BCUT2D eigenvalue weighted by Gasteiger charge is -2.13. The minimum absolute atomic E-state index is 0.242. The molecule has 0 spiro atoms. The molecule has 0 bridgehead atoms. The fourth-order valence-electron chi connectivity index (χ4n) is 1.58. The molecule has 0 aliphatic carbocycles. The van der Waals surface area contributed by atoms with E-state index in [0.29, 0.717) is 13.0 Å². The van der Waals surface area contributed by atoms with Crippen LogP contribution in [0.4, 0.5) is 5.69 Å². The van der Waals surface area contributed by atoms with Crippen molar-refractivity contribution in [2.75, 3.05) is 19.0 Å². The van der Waals surface area contributed by atoms with Gasteiger partial charge in [-0.3, -0.25) is 4.79 Å². The molecular formula is C14H21NO3. The number of ether oxygens (including phenoxy) is 1. The first-order valence-electron chi connectivity index (χ1n) is 6.09. The van der Waals surface area contributed by atoms with E-state index in [1.165, 1.54) is 18.2 Å². The third-order valence-electron chi connectivity index (χ3n) is 2.96. The third-order valence-corrected chi connectivity index (χ3v) is 2.96. The average Bonchev–Trinajstić information content (AvgIpc) is 2.37. The molecule has 0 aromatic heterocycles. The number of aliphatic hydroxyl groups is 1. The fraction of sp³-hybridized carbons (Fsp3) is 0.500. The molecule has 4 nitrogen and oxygen atoms in total. The molecule has 0 saturated carbocycles. The smallest absolute Gasteiger partial charge is 0.305 e. The van der Waals surface area contributed by atoms with Gasteiger partial charge in [0.1, 0.15) is 0 Å². The van der Waals surface area contributed by atoms with Crippen LogP contribution in [0, 0.1) is 13.8 Å². The van der Waals surface area contributed by atoms with Gasteiger partial charge < -0.3 is 15.2 Å². The summed E-state index contributed by atoms with van der Waals surface area (Å²) in [6.45, 7) is 4.54. The Hall–Kier alpha value is -1.55. The molecule has 0 aliphatic rings. The summed E-state index contributed by atoms with van der Waals surface area (Å²) in [5.41, 5.74) is 3.44. The van der Waals surface area contributed by atoms with Crippen LogP contribution in [0.15, 0.2) is 18.2 Å². The molecule has 1 aromatic rings. The molecule has 4 heteroatoms. The van der Waals surface area contributed by atoms with Crippen molar-refractivity contribution >= 4 is 11.7 Å². The summed E-state index contributed by atoms with van der Waals surface area (Å²) in [6, 6.07) is 6.07. The number of benzene rings is 1. The number of rotatable bonds is 6. The first kappa shape index (κ1) is 14.5. The summed E-state index contributed by atoms with van der Waals surface area (Å²) in [4.78, 5) is 10.9. The second kappa shape index (κ2) is 7.01. The van der Waals surface area contributed by atoms with Gasteiger partial charge >= 0.3 is 5.97 Å². The molecule has 1 unspecified atom stereocenters. The lowest BCUT2D eigenvalue weighted by Crippen LogP contribution is -2.20. The number of aryl methyl sites for hydroxylation is 2. The Bertz CT molecular complexity index is 404. The van der Waals surface area contributed by atoms with Gasteiger partial charge in [-0.05, 0) is 43.5 Å². The van der Waals surface area contributed by atoms with Gasteiger partial charge in [0.25, 0.3) is 0 Å². The van der Waals surface area contributed by atoms with Crippen LogP contribution in [0.5, 0.6) is 0 Å². The maximum Gasteiger partial charge on any atom is 0.305 e. The van der Waals surface area contributed by atoms with Gasteiger partial charge in [-0.15, -0.1) is 0 Å². The van der Waals surface area contributed by atoms with Crippen LogP contribution in [-0.2, 0) is 9.53 Å². The number of aliphatic hydroxyl groups excluding tert-OH is 1. The van der Waals surface area contributed by atoms with E-state index in [-0.39, 0.29) is 12.4 Å². The molecule has 0 heterocycles. The van der Waals surface area contributed by atoms with E-state index in [2.05, 4.69) is 17.0 Å². The zero-order valence-corrected chi connectivity index (χ0v) is 11.2. The van der Waals surface area contributed by atoms with E-state index < -0.39 is 6.10 Å². The normalized spacial score (nSPS) is 12.0. The molecule has 18 heavy (non-hydrogen) atoms. The number of anilines is 1. The van der Waals surface area contributed by atoms with Crippen LogP contribution in [-0.4, -0.2) is 30.8 Å². The van der Waals surface area contributed by atoms with Gasteiger partial charge in [0.2, 0.25) is 0 Å². The molecule has 0 fully saturated rings. The standard InChI is InChI=1S/C14H21NO3/c1-10-4-5-12(8-11(10)2)15-9-13(16)6-7-14(17)18-3/h4-5,8,13,15-16H,6-7,9H2,1-3H3. The minimum Gasteiger partial charge on any atom is -0.469 e. The van der Waals surface area contributed by atoms with E-state index in [9.17, 15) is 9.90 Å². The highest BCUT2D eigenvalue weighted by Crippen LogP contribution is 2.14. The highest BCUT2D eigenvalue weighted by molar-refractivity contribution is 5.69. The first-order valence-corrected chi connectivity index (χ1v) is 6.09. The molecule has 100 valence electrons. The second-order valence-corrected chi connectivity index (χ2v) is 4.45. The summed E-state index contributed by atoms with van der Waals surface area (Å²) < 4.78 is 4.52. The molecule has 1 rings (SSSR count). The summed E-state index contributed by atoms with van der Waals surface area (Å²) in [5, 5.41) is 12.9. The Morgan fingerprint density at radius 2 is 2.11 bits per heavy atom. The van der Waals surface area contributed by atoms with Crippen molar-refractivity contribution in [3.8, 4) is 0 Å². The van der Waals surface area contributed by atoms with Gasteiger partial charge in [-0.2, -0.15) is 0 Å². The summed E-state index contributed by atoms with van der Waals surface area (Å²) >= 11 is 0. The Kier molecular flexibility index (Phi) is 5.65. The SMILES string of the molecule is COC(=O)CCC(O)CNc1ccc(C)c(C)c1. The van der Waals surface area contributed by atoms with Crippen molar-refractivity contribution in [3.05, 3.63) is 29.3 Å². The fourth-order valence-corrected chi connectivity index (χ4v) is 1.58. The first-order chi connectivity index (χ1) is 8.52. The summed E-state index contributed by atoms with van der Waals surface area (Å²) in [6.07, 6.45) is 0.0993. The lowest BCUT2D eigenvalue weighted by atomic mass is 10.1. The number of nitrogens with one attached hydrogen (secondary N) is 1. The highest BCUT2D eigenvalue weighted by Gasteiger charge is 2.08. The van der Waals surface area contributed by atoms with Crippen molar-refractivity contribution in [3.63, 3.8) is 0 Å². The second-order valence-electron chi connectivity index (χ2n) is 4.45. The number of carbonyl (C=O) groups is 1. The Morgan fingerprint density at radius 3 is 2.72 bits per heavy atom. The van der Waals surface area contributed by atoms with Crippen LogP contribution in [0.2, 0.25) is 0 Å². The molecule has 0 aliphatic heterocycles. The molecule has 2 N–H and O–H groups in total. The number of carbonyl (C=O) groups excluding carboxylic acids is 1. The van der Waals surface area contributed by atoms with Crippen LogP contribution in [0.1, 0.15) is 24.0 Å². The van der Waals surface area contributed by atoms with Crippen LogP contribution in [0.3, 0.4) is 0 Å². The highest BCUT2D eigenvalue weighted by atomic mass is 16.5. The van der Waals surface area contributed by atoms with Gasteiger partial charge in [0.05, 0.1) is 13.2 Å².